The monoisotopic (exact) mass is 620 g/mol. The minimum atomic E-state index is -0.584. The summed E-state index contributed by atoms with van der Waals surface area (Å²) in [7, 11) is 2.20. The van der Waals surface area contributed by atoms with E-state index in [9.17, 15) is 0 Å². The van der Waals surface area contributed by atoms with Crippen LogP contribution in [0.4, 0.5) is 0 Å². The molecule has 4 aromatic carbocycles. The Morgan fingerprint density at radius 3 is 1.62 bits per heavy atom. The normalized spacial score (nSPS) is 18.6. The highest BCUT2D eigenvalue weighted by molar-refractivity contribution is 5.77. The molecule has 3 nitrogen and oxygen atoms in total. The van der Waals surface area contributed by atoms with Crippen LogP contribution in [0.25, 0.3) is 44.9 Å². The summed E-state index contributed by atoms with van der Waals surface area (Å²) in [5, 5.41) is 0. The highest BCUT2D eigenvalue weighted by Gasteiger charge is 2.73. The molecule has 3 aromatic heterocycles. The zero-order valence-electron chi connectivity index (χ0n) is 27.6. The second kappa shape index (κ2) is 10.7. The van der Waals surface area contributed by atoms with E-state index in [1.807, 2.05) is 0 Å². The molecule has 2 atom stereocenters. The van der Waals surface area contributed by atoms with Crippen molar-refractivity contribution >= 4 is 0 Å². The Morgan fingerprint density at radius 1 is 0.500 bits per heavy atom. The Balaban J connectivity index is 1.41. The topological polar surface area (TPSA) is 11.6 Å². The van der Waals surface area contributed by atoms with Crippen molar-refractivity contribution in [2.24, 2.45) is 7.05 Å². The molecule has 0 saturated carbocycles. The summed E-state index contributed by atoms with van der Waals surface area (Å²) in [6.07, 6.45) is 7.86. The van der Waals surface area contributed by atoms with Crippen LogP contribution in [0.2, 0.25) is 0 Å². The van der Waals surface area contributed by atoms with Gasteiger partial charge >= 0.3 is 0 Å². The van der Waals surface area contributed by atoms with Crippen molar-refractivity contribution in [3.63, 3.8) is 0 Å². The molecule has 48 heavy (non-hydrogen) atoms. The van der Waals surface area contributed by atoms with Crippen molar-refractivity contribution < 1.29 is 13.7 Å². The lowest BCUT2D eigenvalue weighted by Crippen LogP contribution is -2.78. The largest absolute Gasteiger partial charge is 0.288 e. The molecular weight excluding hydrogens is 583 g/mol. The third-order valence-electron chi connectivity index (χ3n) is 11.0. The molecule has 7 aromatic rings. The summed E-state index contributed by atoms with van der Waals surface area (Å²) in [4.78, 5) is 0. The molecule has 0 saturated heterocycles. The van der Waals surface area contributed by atoms with E-state index in [1.54, 1.807) is 0 Å². The van der Waals surface area contributed by atoms with Gasteiger partial charge in [0, 0.05) is 59.5 Å². The maximum atomic E-state index is 2.56. The molecular formula is C45H38N3+3. The zero-order valence-corrected chi connectivity index (χ0v) is 27.6. The zero-order chi connectivity index (χ0) is 32.5. The Kier molecular flexibility index (Phi) is 6.35. The number of aryl methyl sites for hydroxylation is 2. The molecule has 0 N–H and O–H groups in total. The average Bonchev–Trinajstić information content (AvgIpc) is 3.45. The number of rotatable bonds is 4. The second-order valence-corrected chi connectivity index (χ2v) is 13.3. The molecule has 0 fully saturated rings. The van der Waals surface area contributed by atoms with Crippen LogP contribution in [-0.4, -0.2) is 0 Å². The Labute approximate surface area is 282 Å². The average molecular weight is 621 g/mol. The molecule has 2 aliphatic heterocycles. The standard InChI is InChI=1S/C45H38N3/c1-4-32-30-43(46(3)31-37(32)33-18-6-5-7-19-33)34-20-8-11-23-38(34)44(2)45(39-24-12-9-21-35(39)41-26-14-16-28-47(41)44)40-25-13-10-22-36(40)42-27-15-17-29-48(42)45/h5-31H,4H2,1-3H3/q+3. The van der Waals surface area contributed by atoms with Gasteiger partial charge in [-0.2, -0.15) is 9.13 Å². The third-order valence-corrected chi connectivity index (χ3v) is 11.0. The first kappa shape index (κ1) is 28.5. The van der Waals surface area contributed by atoms with Crippen molar-refractivity contribution in [1.29, 1.82) is 0 Å². The highest BCUT2D eigenvalue weighted by atomic mass is 15.2. The fourth-order valence-electron chi connectivity index (χ4n) is 8.97. The molecule has 2 aliphatic rings. The number of hydrogen-bond donors (Lipinski definition) is 0. The van der Waals surface area contributed by atoms with Gasteiger partial charge in [0.1, 0.15) is 7.05 Å². The number of benzene rings is 4. The van der Waals surface area contributed by atoms with Crippen LogP contribution in [0.5, 0.6) is 0 Å². The van der Waals surface area contributed by atoms with Crippen LogP contribution in [0.15, 0.2) is 164 Å². The first-order valence-corrected chi connectivity index (χ1v) is 17.0. The number of nitrogens with zero attached hydrogens (tertiary/aromatic N) is 3. The second-order valence-electron chi connectivity index (χ2n) is 13.3. The van der Waals surface area contributed by atoms with Crippen LogP contribution in [0.1, 0.15) is 36.1 Å². The van der Waals surface area contributed by atoms with Crippen molar-refractivity contribution in [2.75, 3.05) is 0 Å². The van der Waals surface area contributed by atoms with Gasteiger partial charge in [0.2, 0.25) is 17.1 Å². The molecule has 230 valence electrons. The van der Waals surface area contributed by atoms with Crippen LogP contribution in [-0.2, 0) is 24.5 Å². The van der Waals surface area contributed by atoms with Crippen molar-refractivity contribution in [2.45, 2.75) is 31.3 Å². The van der Waals surface area contributed by atoms with E-state index in [0.717, 1.165) is 6.42 Å². The summed E-state index contributed by atoms with van der Waals surface area (Å²) < 4.78 is 7.44. The van der Waals surface area contributed by atoms with Gasteiger partial charge in [0.05, 0.1) is 16.7 Å². The van der Waals surface area contributed by atoms with Crippen LogP contribution < -0.4 is 13.7 Å². The molecule has 9 rings (SSSR count). The lowest BCUT2D eigenvalue weighted by atomic mass is 9.61. The van der Waals surface area contributed by atoms with E-state index < -0.39 is 11.1 Å². The number of hydrogen-bond acceptors (Lipinski definition) is 0. The fraction of sp³-hybridized carbons (Fsp3) is 0.133. The minimum absolute atomic E-state index is 0.581. The number of fused-ring (bicyclic) bond motifs is 9. The first-order chi connectivity index (χ1) is 23.6. The van der Waals surface area contributed by atoms with Crippen LogP contribution in [0, 0.1) is 0 Å². The predicted octanol–water partition coefficient (Wildman–Crippen LogP) is 8.20. The molecule has 1 spiro atoms. The van der Waals surface area contributed by atoms with Gasteiger partial charge in [-0.25, -0.2) is 4.57 Å². The summed E-state index contributed by atoms with van der Waals surface area (Å²) in [5.41, 5.74) is 14.1. The maximum absolute atomic E-state index is 2.56. The smallest absolute Gasteiger partial charge is 0.200 e. The van der Waals surface area contributed by atoms with Crippen molar-refractivity contribution in [3.05, 3.63) is 186 Å². The molecule has 0 amide bonds. The summed E-state index contributed by atoms with van der Waals surface area (Å²) in [6.45, 7) is 4.73. The van der Waals surface area contributed by atoms with E-state index in [-0.39, 0.29) is 0 Å². The summed E-state index contributed by atoms with van der Waals surface area (Å²) in [6, 6.07) is 53.7. The van der Waals surface area contributed by atoms with E-state index >= 15 is 0 Å². The van der Waals surface area contributed by atoms with Gasteiger partial charge in [0.15, 0.2) is 18.6 Å². The van der Waals surface area contributed by atoms with Crippen molar-refractivity contribution in [1.82, 2.24) is 0 Å². The highest BCUT2D eigenvalue weighted by Crippen LogP contribution is 2.56. The van der Waals surface area contributed by atoms with Gasteiger partial charge in [0.25, 0.3) is 11.1 Å². The maximum Gasteiger partial charge on any atom is 0.288 e. The molecule has 2 unspecified atom stereocenters. The Bertz CT molecular complexity index is 2330. The molecule has 0 aliphatic carbocycles. The quantitative estimate of drug-likeness (QED) is 0.176. The predicted molar refractivity (Wildman–Crippen MR) is 191 cm³/mol. The van der Waals surface area contributed by atoms with E-state index in [0.29, 0.717) is 0 Å². The van der Waals surface area contributed by atoms with Crippen LogP contribution in [0.3, 0.4) is 0 Å². The van der Waals surface area contributed by atoms with Gasteiger partial charge in [-0.3, -0.25) is 0 Å². The van der Waals surface area contributed by atoms with Crippen LogP contribution >= 0.6 is 0 Å². The SMILES string of the molecule is CCc1cc(-c2ccccc2C2(C)[n+]3ccccc3-c3ccccc3C23c2ccccc2-c2cccc[n+]23)[n+](C)cc1-c1ccccc1. The lowest BCUT2D eigenvalue weighted by Gasteiger charge is -2.43. The van der Waals surface area contributed by atoms with E-state index in [4.69, 9.17) is 0 Å². The number of pyridine rings is 3. The van der Waals surface area contributed by atoms with Gasteiger partial charge in [-0.05, 0) is 47.9 Å². The van der Waals surface area contributed by atoms with Gasteiger partial charge in [-0.15, -0.1) is 0 Å². The molecule has 3 heteroatoms. The third kappa shape index (κ3) is 3.67. The Hall–Kier alpha value is -5.67. The molecule has 0 radical (unpaired) electrons. The summed E-state index contributed by atoms with van der Waals surface area (Å²) >= 11 is 0. The summed E-state index contributed by atoms with van der Waals surface area (Å²) in [5.74, 6) is 0. The number of aromatic nitrogens is 3. The van der Waals surface area contributed by atoms with E-state index in [1.165, 1.54) is 67.2 Å². The van der Waals surface area contributed by atoms with Gasteiger partial charge in [-0.1, -0.05) is 91.9 Å². The first-order valence-electron chi connectivity index (χ1n) is 17.0. The molecule has 0 bridgehead atoms. The van der Waals surface area contributed by atoms with Crippen molar-refractivity contribution in [3.8, 4) is 44.9 Å². The van der Waals surface area contributed by atoms with Gasteiger partial charge < -0.3 is 0 Å². The molecule has 5 heterocycles. The fourth-order valence-corrected chi connectivity index (χ4v) is 8.97. The lowest BCUT2D eigenvalue weighted by molar-refractivity contribution is -0.845. The minimum Gasteiger partial charge on any atom is -0.200 e. The van der Waals surface area contributed by atoms with E-state index in [2.05, 4.69) is 199 Å². The Morgan fingerprint density at radius 2 is 1.00 bits per heavy atom.